The number of halogens is 1. The number of nitrogens with zero attached hydrogens (tertiary/aromatic N) is 1. The van der Waals surface area contributed by atoms with Gasteiger partial charge in [0.25, 0.3) is 5.91 Å². The Morgan fingerprint density at radius 2 is 2.40 bits per heavy atom. The Kier molecular flexibility index (Phi) is 3.63. The third-order valence-corrected chi connectivity index (χ3v) is 4.11. The highest BCUT2D eigenvalue weighted by Crippen LogP contribution is 2.28. The zero-order valence-corrected chi connectivity index (χ0v) is 11.8. The molecule has 2 unspecified atom stereocenters. The van der Waals surface area contributed by atoms with Gasteiger partial charge < -0.3 is 14.9 Å². The largest absolute Gasteiger partial charge is 0.363 e. The van der Waals surface area contributed by atoms with Crippen LogP contribution in [0.15, 0.2) is 23.4 Å². The van der Waals surface area contributed by atoms with Crippen molar-refractivity contribution in [2.24, 2.45) is 11.1 Å². The van der Waals surface area contributed by atoms with E-state index < -0.39 is 0 Å². The van der Waals surface area contributed by atoms with Crippen molar-refractivity contribution in [2.45, 2.75) is 19.6 Å². The van der Waals surface area contributed by atoms with E-state index in [4.69, 9.17) is 21.2 Å². The number of carbonyl (C=O) groups excluding carboxylic acids is 1. The van der Waals surface area contributed by atoms with E-state index in [0.717, 1.165) is 17.7 Å². The van der Waals surface area contributed by atoms with E-state index in [1.54, 1.807) is 6.07 Å². The van der Waals surface area contributed by atoms with Crippen LogP contribution in [0.25, 0.3) is 0 Å². The van der Waals surface area contributed by atoms with E-state index in [-0.39, 0.29) is 18.1 Å². The molecule has 0 aromatic heterocycles. The summed E-state index contributed by atoms with van der Waals surface area (Å²) in [6.07, 6.45) is 0.606. The van der Waals surface area contributed by atoms with Crippen molar-refractivity contribution in [2.75, 3.05) is 13.2 Å². The molecule has 1 fully saturated rings. The first kappa shape index (κ1) is 13.4. The fourth-order valence-electron chi connectivity index (χ4n) is 2.43. The van der Waals surface area contributed by atoms with Gasteiger partial charge in [0.1, 0.15) is 0 Å². The maximum absolute atomic E-state index is 12.1. The molecule has 1 aromatic carbocycles. The lowest BCUT2D eigenvalue weighted by molar-refractivity contribution is -0.106. The maximum Gasteiger partial charge on any atom is 0.253 e. The summed E-state index contributed by atoms with van der Waals surface area (Å²) < 4.78 is 5.36. The van der Waals surface area contributed by atoms with Gasteiger partial charge in [0, 0.05) is 0 Å². The van der Waals surface area contributed by atoms with Crippen LogP contribution in [0.5, 0.6) is 0 Å². The molecule has 2 aliphatic heterocycles. The van der Waals surface area contributed by atoms with Crippen molar-refractivity contribution < 1.29 is 14.4 Å². The van der Waals surface area contributed by atoms with Crippen molar-refractivity contribution in [1.29, 1.82) is 0 Å². The zero-order chi connectivity index (χ0) is 14.1. The number of carbonyl (C=O) groups is 1. The van der Waals surface area contributed by atoms with Crippen LogP contribution in [0.3, 0.4) is 0 Å². The molecule has 2 heterocycles. The third-order valence-electron chi connectivity index (χ3n) is 3.61. The molecule has 1 aromatic rings. The lowest BCUT2D eigenvalue weighted by Gasteiger charge is -2.10. The number of rotatable bonds is 3. The van der Waals surface area contributed by atoms with Crippen LogP contribution in [-0.4, -0.2) is 31.1 Å². The molecule has 0 radical (unpaired) electrons. The first-order valence-electron chi connectivity index (χ1n) is 6.54. The maximum atomic E-state index is 12.1. The molecule has 2 atom stereocenters. The van der Waals surface area contributed by atoms with Gasteiger partial charge in [-0.25, -0.2) is 0 Å². The molecule has 3 rings (SSSR count). The zero-order valence-electron chi connectivity index (χ0n) is 11.1. The smallest absolute Gasteiger partial charge is 0.253 e. The first-order chi connectivity index (χ1) is 9.66. The van der Waals surface area contributed by atoms with E-state index in [1.165, 1.54) is 0 Å². The number of ether oxygens (including phenoxy) is 1. The van der Waals surface area contributed by atoms with Crippen LogP contribution in [-0.2, 0) is 9.57 Å². The number of hydrogen-bond acceptors (Lipinski definition) is 4. The summed E-state index contributed by atoms with van der Waals surface area (Å²) in [6.45, 7) is 2.90. The Balaban J connectivity index is 1.64. The number of nitrogens with one attached hydrogen (secondary N) is 1. The second-order valence-corrected chi connectivity index (χ2v) is 5.32. The van der Waals surface area contributed by atoms with Crippen LogP contribution < -0.4 is 5.32 Å². The van der Waals surface area contributed by atoms with E-state index in [2.05, 4.69) is 10.5 Å². The fourth-order valence-corrected chi connectivity index (χ4v) is 2.64. The molecular weight excluding hydrogens is 280 g/mol. The Morgan fingerprint density at radius 3 is 3.25 bits per heavy atom. The number of aryl methyl sites for hydroxylation is 1. The van der Waals surface area contributed by atoms with E-state index in [0.29, 0.717) is 23.7 Å². The summed E-state index contributed by atoms with van der Waals surface area (Å²) in [5, 5.41) is 7.28. The highest BCUT2D eigenvalue weighted by molar-refractivity contribution is 6.34. The molecule has 0 bridgehead atoms. The lowest BCUT2D eigenvalue weighted by Crippen LogP contribution is -2.33. The fraction of sp³-hybridized carbons (Fsp3) is 0.429. The van der Waals surface area contributed by atoms with Crippen LogP contribution in [0.2, 0.25) is 5.02 Å². The van der Waals surface area contributed by atoms with Gasteiger partial charge >= 0.3 is 0 Å². The van der Waals surface area contributed by atoms with Crippen LogP contribution in [0.1, 0.15) is 22.3 Å². The second kappa shape index (κ2) is 5.42. The van der Waals surface area contributed by atoms with Gasteiger partial charge in [-0.1, -0.05) is 28.9 Å². The molecular formula is C14H15ClN2O3. The molecule has 0 saturated carbocycles. The second-order valence-electron chi connectivity index (χ2n) is 4.94. The van der Waals surface area contributed by atoms with Gasteiger partial charge in [-0.15, -0.1) is 0 Å². The number of oxime groups is 1. The number of hydrogen-bond donors (Lipinski definition) is 1. The Labute approximate surface area is 121 Å². The molecule has 0 spiro atoms. The monoisotopic (exact) mass is 294 g/mol. The van der Waals surface area contributed by atoms with E-state index in [1.807, 2.05) is 19.1 Å². The number of benzene rings is 1. The van der Waals surface area contributed by atoms with Crippen molar-refractivity contribution in [3.63, 3.8) is 0 Å². The topological polar surface area (TPSA) is 59.9 Å². The molecule has 106 valence electrons. The molecule has 5 nitrogen and oxygen atoms in total. The predicted molar refractivity (Wildman–Crippen MR) is 74.9 cm³/mol. The third kappa shape index (κ3) is 2.39. The summed E-state index contributed by atoms with van der Waals surface area (Å²) >= 11 is 6.14. The average Bonchev–Trinajstić information content (AvgIpc) is 3.02. The van der Waals surface area contributed by atoms with Crippen molar-refractivity contribution in [3.05, 3.63) is 34.3 Å². The Bertz CT molecular complexity index is 574. The lowest BCUT2D eigenvalue weighted by atomic mass is 10.0. The van der Waals surface area contributed by atoms with Crippen molar-refractivity contribution in [1.82, 2.24) is 5.32 Å². The SMILES string of the molecule is Cc1cccc(C(=O)NCC2=NOC3OCCC23)c1Cl. The molecule has 1 N–H and O–H groups in total. The van der Waals surface area contributed by atoms with E-state index >= 15 is 0 Å². The summed E-state index contributed by atoms with van der Waals surface area (Å²) in [7, 11) is 0. The number of fused-ring (bicyclic) bond motifs is 1. The normalized spacial score (nSPS) is 24.0. The van der Waals surface area contributed by atoms with Gasteiger partial charge in [-0.2, -0.15) is 0 Å². The van der Waals surface area contributed by atoms with Gasteiger partial charge in [-0.05, 0) is 25.0 Å². The van der Waals surface area contributed by atoms with E-state index in [9.17, 15) is 4.79 Å². The van der Waals surface area contributed by atoms with Gasteiger partial charge in [-0.3, -0.25) is 4.79 Å². The van der Waals surface area contributed by atoms with Crippen LogP contribution >= 0.6 is 11.6 Å². The minimum Gasteiger partial charge on any atom is -0.363 e. The molecule has 2 aliphatic rings. The van der Waals surface area contributed by atoms with Gasteiger partial charge in [0.05, 0.1) is 35.4 Å². The molecule has 1 saturated heterocycles. The van der Waals surface area contributed by atoms with Crippen molar-refractivity contribution in [3.8, 4) is 0 Å². The summed E-state index contributed by atoms with van der Waals surface area (Å²) in [6, 6.07) is 5.39. The Morgan fingerprint density at radius 1 is 1.55 bits per heavy atom. The minimum atomic E-state index is -0.274. The minimum absolute atomic E-state index is 0.156. The summed E-state index contributed by atoms with van der Waals surface area (Å²) in [5.41, 5.74) is 2.18. The predicted octanol–water partition coefficient (Wildman–Crippen LogP) is 2.13. The first-order valence-corrected chi connectivity index (χ1v) is 6.92. The molecule has 6 heteroatoms. The molecule has 20 heavy (non-hydrogen) atoms. The standard InChI is InChI=1S/C14H15ClN2O3/c1-8-3-2-4-10(12(8)15)13(18)16-7-11-9-5-6-19-14(9)20-17-11/h2-4,9,14H,5-7H2,1H3,(H,16,18). The molecule has 1 amide bonds. The van der Waals surface area contributed by atoms with Gasteiger partial charge in [0.15, 0.2) is 0 Å². The quantitative estimate of drug-likeness (QED) is 0.929. The Hall–Kier alpha value is -1.59. The molecule has 0 aliphatic carbocycles. The number of amides is 1. The average molecular weight is 295 g/mol. The summed E-state index contributed by atoms with van der Waals surface area (Å²) in [5.74, 6) is -0.0490. The van der Waals surface area contributed by atoms with Crippen molar-refractivity contribution >= 4 is 23.2 Å². The highest BCUT2D eigenvalue weighted by Gasteiger charge is 2.39. The van der Waals surface area contributed by atoms with Crippen LogP contribution in [0, 0.1) is 12.8 Å². The van der Waals surface area contributed by atoms with Gasteiger partial charge in [0.2, 0.25) is 6.29 Å². The highest BCUT2D eigenvalue weighted by atomic mass is 35.5. The van der Waals surface area contributed by atoms with Crippen LogP contribution in [0.4, 0.5) is 0 Å². The summed E-state index contributed by atoms with van der Waals surface area (Å²) in [4.78, 5) is 17.3.